The molecule has 0 amide bonds. The van der Waals surface area contributed by atoms with Gasteiger partial charge in [-0.2, -0.15) is 0 Å². The second-order valence-electron chi connectivity index (χ2n) is 10.1. The fourth-order valence-corrected chi connectivity index (χ4v) is 6.59. The first kappa shape index (κ1) is 26.8. The molecule has 1 saturated heterocycles. The minimum atomic E-state index is -4.43. The number of fused-ring (bicyclic) bond motifs is 1. The lowest BCUT2D eigenvalue weighted by molar-refractivity contribution is -0.123. The average molecular weight is 578 g/mol. The van der Waals surface area contributed by atoms with E-state index in [2.05, 4.69) is 24.6 Å². The van der Waals surface area contributed by atoms with Crippen LogP contribution >= 0.6 is 0 Å². The molecule has 2 aromatic heterocycles. The fraction of sp³-hybridized carbons (Fsp3) is 0.241. The zero-order valence-electron chi connectivity index (χ0n) is 22.0. The normalized spacial score (nSPS) is 16.5. The second-order valence-corrected chi connectivity index (χ2v) is 11.8. The third-order valence-corrected chi connectivity index (χ3v) is 9.14. The molecule has 210 valence electrons. The van der Waals surface area contributed by atoms with E-state index in [1.54, 1.807) is 6.08 Å². The topological polar surface area (TPSA) is 114 Å². The Morgan fingerprint density at radius 3 is 2.51 bits per heavy atom. The van der Waals surface area contributed by atoms with Crippen LogP contribution in [0.1, 0.15) is 19.3 Å². The Kier molecular flexibility index (Phi) is 6.65. The minimum absolute atomic E-state index is 0.0190. The van der Waals surface area contributed by atoms with Crippen molar-refractivity contribution in [1.29, 1.82) is 0 Å². The summed E-state index contributed by atoms with van der Waals surface area (Å²) in [5.74, 6) is -1.19. The zero-order chi connectivity index (χ0) is 28.8. The van der Waals surface area contributed by atoms with Gasteiger partial charge < -0.3 is 9.64 Å². The van der Waals surface area contributed by atoms with Gasteiger partial charge in [-0.1, -0.05) is 12.1 Å². The van der Waals surface area contributed by atoms with Gasteiger partial charge in [0.05, 0.1) is 12.6 Å². The van der Waals surface area contributed by atoms with Gasteiger partial charge in [0.2, 0.25) is 5.88 Å². The van der Waals surface area contributed by atoms with Gasteiger partial charge in [-0.05, 0) is 61.2 Å². The molecule has 1 aliphatic heterocycles. The standard InChI is InChI=1S/C29H25F2N5O4S/c1-40-28-24(35-41(38,39)25-7-5-20(30)15-22(25)31)14-19(16-32-28)18-4-6-23-21(13-18)27(34-17-33-23)36-11-9-29(10-12-36)8-2-3-26(29)37/h2-7,13-17,35H,8-12H2,1H3. The van der Waals surface area contributed by atoms with Crippen molar-refractivity contribution in [1.82, 2.24) is 15.0 Å². The number of ether oxygens (including phenoxy) is 1. The van der Waals surface area contributed by atoms with E-state index in [9.17, 15) is 22.0 Å². The highest BCUT2D eigenvalue weighted by atomic mass is 32.2. The number of hydrogen-bond donors (Lipinski definition) is 1. The molecule has 6 rings (SSSR count). The van der Waals surface area contributed by atoms with Crippen LogP contribution in [-0.4, -0.2) is 49.4 Å². The van der Waals surface area contributed by atoms with Crippen molar-refractivity contribution in [2.24, 2.45) is 5.41 Å². The van der Waals surface area contributed by atoms with Crippen LogP contribution < -0.4 is 14.4 Å². The summed E-state index contributed by atoms with van der Waals surface area (Å²) >= 11 is 0. The first-order chi connectivity index (χ1) is 19.7. The maximum Gasteiger partial charge on any atom is 0.264 e. The molecule has 0 saturated carbocycles. The van der Waals surface area contributed by atoms with Crippen LogP contribution in [0.4, 0.5) is 20.3 Å². The number of aromatic nitrogens is 3. The number of nitrogens with one attached hydrogen (secondary N) is 1. The van der Waals surface area contributed by atoms with Crippen molar-refractivity contribution in [3.63, 3.8) is 0 Å². The van der Waals surface area contributed by atoms with Crippen LogP contribution in [0.3, 0.4) is 0 Å². The summed E-state index contributed by atoms with van der Waals surface area (Å²) in [7, 11) is -3.10. The van der Waals surface area contributed by atoms with Crippen LogP contribution in [0, 0.1) is 17.0 Å². The predicted molar refractivity (Wildman–Crippen MR) is 149 cm³/mol. The van der Waals surface area contributed by atoms with Crippen LogP contribution in [0.2, 0.25) is 0 Å². The number of sulfonamides is 1. The molecule has 1 spiro atoms. The Labute approximate surface area is 235 Å². The number of carbonyl (C=O) groups excluding carboxylic acids is 1. The third-order valence-electron chi connectivity index (χ3n) is 7.74. The van der Waals surface area contributed by atoms with E-state index in [0.717, 1.165) is 48.1 Å². The first-order valence-corrected chi connectivity index (χ1v) is 14.4. The van der Waals surface area contributed by atoms with E-state index in [-0.39, 0.29) is 22.8 Å². The first-order valence-electron chi connectivity index (χ1n) is 12.9. The molecular formula is C29H25F2N5O4S. The molecule has 4 aromatic rings. The van der Waals surface area contributed by atoms with E-state index in [0.29, 0.717) is 30.3 Å². The molecule has 0 atom stereocenters. The number of pyridine rings is 1. The molecule has 9 nitrogen and oxygen atoms in total. The van der Waals surface area contributed by atoms with Crippen molar-refractivity contribution in [2.45, 2.75) is 24.2 Å². The van der Waals surface area contributed by atoms with Crippen molar-refractivity contribution in [3.05, 3.63) is 78.8 Å². The van der Waals surface area contributed by atoms with Gasteiger partial charge in [0.15, 0.2) is 5.78 Å². The Morgan fingerprint density at radius 1 is 1.00 bits per heavy atom. The predicted octanol–water partition coefficient (Wildman–Crippen LogP) is 4.90. The lowest BCUT2D eigenvalue weighted by Crippen LogP contribution is -2.42. The number of hydrogen-bond acceptors (Lipinski definition) is 8. The van der Waals surface area contributed by atoms with Gasteiger partial charge in [-0.25, -0.2) is 32.2 Å². The quantitative estimate of drug-likeness (QED) is 0.345. The SMILES string of the molecule is COc1ncc(-c2ccc3ncnc(N4CCC5(CC=CC5=O)CC4)c3c2)cc1NS(=O)(=O)c1ccc(F)cc1F. The number of allylic oxidation sites excluding steroid dienone is 2. The minimum Gasteiger partial charge on any atom is -0.480 e. The number of methoxy groups -OCH3 is 1. The maximum atomic E-state index is 14.3. The highest BCUT2D eigenvalue weighted by molar-refractivity contribution is 7.92. The number of carbonyl (C=O) groups is 1. The molecule has 2 aromatic carbocycles. The number of piperidine rings is 1. The van der Waals surface area contributed by atoms with E-state index < -0.39 is 26.6 Å². The highest BCUT2D eigenvalue weighted by Crippen LogP contribution is 2.42. The second kappa shape index (κ2) is 10.2. The van der Waals surface area contributed by atoms with Crippen LogP contribution in [0.15, 0.2) is 72.0 Å². The van der Waals surface area contributed by atoms with Gasteiger partial charge in [-0.15, -0.1) is 0 Å². The Bertz CT molecular complexity index is 1820. The van der Waals surface area contributed by atoms with Crippen molar-refractivity contribution >= 4 is 38.2 Å². The van der Waals surface area contributed by atoms with E-state index in [4.69, 9.17) is 4.74 Å². The van der Waals surface area contributed by atoms with Crippen LogP contribution in [-0.2, 0) is 14.8 Å². The summed E-state index contributed by atoms with van der Waals surface area (Å²) in [5, 5.41) is 0.795. The van der Waals surface area contributed by atoms with Gasteiger partial charge in [0.25, 0.3) is 10.0 Å². The molecule has 3 heterocycles. The summed E-state index contributed by atoms with van der Waals surface area (Å²) in [5.41, 5.74) is 1.67. The fourth-order valence-electron chi connectivity index (χ4n) is 5.48. The number of rotatable bonds is 6. The molecule has 1 fully saturated rings. The molecule has 0 unspecified atom stereocenters. The van der Waals surface area contributed by atoms with Crippen LogP contribution in [0.25, 0.3) is 22.0 Å². The Hall–Kier alpha value is -4.45. The molecular weight excluding hydrogens is 552 g/mol. The number of anilines is 2. The van der Waals surface area contributed by atoms with E-state index in [1.165, 1.54) is 25.7 Å². The van der Waals surface area contributed by atoms with Crippen molar-refractivity contribution in [3.8, 4) is 17.0 Å². The smallest absolute Gasteiger partial charge is 0.264 e. The summed E-state index contributed by atoms with van der Waals surface area (Å²) in [4.78, 5) is 27.1. The van der Waals surface area contributed by atoms with Crippen LogP contribution in [0.5, 0.6) is 5.88 Å². The van der Waals surface area contributed by atoms with Gasteiger partial charge in [0.1, 0.15) is 34.4 Å². The molecule has 2 aliphatic rings. The lowest BCUT2D eigenvalue weighted by atomic mass is 9.75. The summed E-state index contributed by atoms with van der Waals surface area (Å²) in [6, 6.07) is 9.31. The summed E-state index contributed by atoms with van der Waals surface area (Å²) in [6.07, 6.45) is 8.95. The number of halogens is 2. The van der Waals surface area contributed by atoms with E-state index in [1.807, 2.05) is 24.3 Å². The lowest BCUT2D eigenvalue weighted by Gasteiger charge is -2.39. The molecule has 41 heavy (non-hydrogen) atoms. The molecule has 0 bridgehead atoms. The average Bonchev–Trinajstić information content (AvgIpc) is 3.31. The maximum absolute atomic E-state index is 14.3. The highest BCUT2D eigenvalue weighted by Gasteiger charge is 2.41. The molecule has 1 aliphatic carbocycles. The molecule has 0 radical (unpaired) electrons. The van der Waals surface area contributed by atoms with Crippen molar-refractivity contribution in [2.75, 3.05) is 29.8 Å². The Balaban J connectivity index is 1.33. The van der Waals surface area contributed by atoms with E-state index >= 15 is 0 Å². The number of benzene rings is 2. The van der Waals surface area contributed by atoms with Gasteiger partial charge >= 0.3 is 0 Å². The number of nitrogens with zero attached hydrogens (tertiary/aromatic N) is 4. The summed E-state index contributed by atoms with van der Waals surface area (Å²) in [6.45, 7) is 1.36. The monoisotopic (exact) mass is 577 g/mol. The largest absolute Gasteiger partial charge is 0.480 e. The third kappa shape index (κ3) is 4.88. The Morgan fingerprint density at radius 2 is 1.80 bits per heavy atom. The van der Waals surface area contributed by atoms with Crippen molar-refractivity contribution < 1.29 is 26.7 Å². The molecule has 12 heteroatoms. The molecule has 1 N–H and O–H groups in total. The van der Waals surface area contributed by atoms with Gasteiger partial charge in [-0.3, -0.25) is 9.52 Å². The number of ketones is 1. The van der Waals surface area contributed by atoms with Gasteiger partial charge in [0, 0.05) is 41.7 Å². The summed E-state index contributed by atoms with van der Waals surface area (Å²) < 4.78 is 61.1. The zero-order valence-corrected chi connectivity index (χ0v) is 22.8.